The average Bonchev–Trinajstić information content (AvgIpc) is 2.38. The van der Waals surface area contributed by atoms with Crippen molar-refractivity contribution in [2.24, 2.45) is 0 Å². The van der Waals surface area contributed by atoms with Crippen LogP contribution in [-0.2, 0) is 0 Å². The maximum atomic E-state index is 13.7. The van der Waals surface area contributed by atoms with Gasteiger partial charge >= 0.3 is 0 Å². The quantitative estimate of drug-likeness (QED) is 0.837. The van der Waals surface area contributed by atoms with E-state index in [2.05, 4.69) is 47.2 Å². The number of benzene rings is 2. The molecule has 0 spiro atoms. The molecule has 1 N–H and O–H groups in total. The Labute approximate surface area is 128 Å². The van der Waals surface area contributed by atoms with Gasteiger partial charge in [0, 0.05) is 4.47 Å². The summed E-state index contributed by atoms with van der Waals surface area (Å²) in [6.45, 7) is 6.89. The van der Waals surface area contributed by atoms with Crippen molar-refractivity contribution in [2.45, 2.75) is 26.8 Å². The van der Waals surface area contributed by atoms with Crippen LogP contribution in [0.25, 0.3) is 0 Å². The van der Waals surface area contributed by atoms with Crippen molar-refractivity contribution in [3.05, 3.63) is 68.9 Å². The first kappa shape index (κ1) is 15.2. The number of rotatable bonds is 4. The smallest absolute Gasteiger partial charge is 0.123 e. The van der Waals surface area contributed by atoms with Gasteiger partial charge in [0.1, 0.15) is 5.82 Å². The minimum Gasteiger partial charge on any atom is -0.307 e. The van der Waals surface area contributed by atoms with Gasteiger partial charge < -0.3 is 5.32 Å². The third kappa shape index (κ3) is 3.47. The molecule has 2 rings (SSSR count). The zero-order valence-corrected chi connectivity index (χ0v) is 13.6. The molecular weight excluding hydrogens is 317 g/mol. The van der Waals surface area contributed by atoms with E-state index in [0.29, 0.717) is 0 Å². The Morgan fingerprint density at radius 2 is 1.90 bits per heavy atom. The summed E-state index contributed by atoms with van der Waals surface area (Å²) in [7, 11) is 0. The van der Waals surface area contributed by atoms with Crippen LogP contribution in [0.2, 0.25) is 0 Å². The molecule has 0 saturated carbocycles. The minimum atomic E-state index is -0.185. The molecule has 1 atom stereocenters. The van der Waals surface area contributed by atoms with Gasteiger partial charge in [-0.15, -0.1) is 0 Å². The standard InChI is InChI=1S/C17H19BrFN/c1-4-20-17(13-7-11(2)8-15(19)9-13)16-10-14(18)6-5-12(16)3/h5-10,17,20H,4H2,1-3H3. The van der Waals surface area contributed by atoms with Gasteiger partial charge in [0.05, 0.1) is 6.04 Å². The van der Waals surface area contributed by atoms with Crippen LogP contribution in [0, 0.1) is 19.7 Å². The van der Waals surface area contributed by atoms with Crippen LogP contribution < -0.4 is 5.32 Å². The summed E-state index contributed by atoms with van der Waals surface area (Å²) in [4.78, 5) is 0. The van der Waals surface area contributed by atoms with Crippen molar-refractivity contribution in [3.63, 3.8) is 0 Å². The van der Waals surface area contributed by atoms with E-state index >= 15 is 0 Å². The summed E-state index contributed by atoms with van der Waals surface area (Å²) in [6.07, 6.45) is 0. The minimum absolute atomic E-state index is 0.00639. The topological polar surface area (TPSA) is 12.0 Å². The van der Waals surface area contributed by atoms with Crippen molar-refractivity contribution in [2.75, 3.05) is 6.54 Å². The van der Waals surface area contributed by atoms with E-state index in [0.717, 1.165) is 22.1 Å². The summed E-state index contributed by atoms with van der Waals surface area (Å²) in [6, 6.07) is 11.4. The molecule has 3 heteroatoms. The Bertz CT molecular complexity index is 590. The Kier molecular flexibility index (Phi) is 4.95. The number of halogens is 2. The number of aryl methyl sites for hydroxylation is 2. The van der Waals surface area contributed by atoms with Gasteiger partial charge in [-0.2, -0.15) is 0 Å². The highest BCUT2D eigenvalue weighted by atomic mass is 79.9. The lowest BCUT2D eigenvalue weighted by Crippen LogP contribution is -2.23. The van der Waals surface area contributed by atoms with E-state index in [-0.39, 0.29) is 11.9 Å². The predicted octanol–water partition coefficient (Wildman–Crippen LogP) is 4.90. The van der Waals surface area contributed by atoms with Gasteiger partial charge in [0.2, 0.25) is 0 Å². The molecule has 106 valence electrons. The lowest BCUT2D eigenvalue weighted by Gasteiger charge is -2.22. The molecule has 0 radical (unpaired) electrons. The summed E-state index contributed by atoms with van der Waals surface area (Å²) in [5.41, 5.74) is 4.27. The third-order valence-corrected chi connectivity index (χ3v) is 3.85. The third-order valence-electron chi connectivity index (χ3n) is 3.36. The highest BCUT2D eigenvalue weighted by Gasteiger charge is 2.16. The van der Waals surface area contributed by atoms with Crippen LogP contribution >= 0.6 is 15.9 Å². The lowest BCUT2D eigenvalue weighted by molar-refractivity contribution is 0.600. The lowest BCUT2D eigenvalue weighted by atomic mass is 9.94. The first-order chi connectivity index (χ1) is 9.51. The molecule has 20 heavy (non-hydrogen) atoms. The van der Waals surface area contributed by atoms with Gasteiger partial charge in [-0.05, 0) is 66.9 Å². The summed E-state index contributed by atoms with van der Waals surface area (Å²) in [5.74, 6) is -0.185. The molecule has 0 aliphatic rings. The number of hydrogen-bond acceptors (Lipinski definition) is 1. The van der Waals surface area contributed by atoms with E-state index in [1.54, 1.807) is 12.1 Å². The zero-order valence-electron chi connectivity index (χ0n) is 12.0. The Balaban J connectivity index is 2.52. The molecule has 0 fully saturated rings. The highest BCUT2D eigenvalue weighted by Crippen LogP contribution is 2.28. The molecule has 0 aliphatic heterocycles. The molecular formula is C17H19BrFN. The van der Waals surface area contributed by atoms with Crippen LogP contribution in [0.1, 0.15) is 35.2 Å². The van der Waals surface area contributed by atoms with Gasteiger partial charge in [0.15, 0.2) is 0 Å². The van der Waals surface area contributed by atoms with Crippen LogP contribution in [0.5, 0.6) is 0 Å². The van der Waals surface area contributed by atoms with Crippen LogP contribution in [0.4, 0.5) is 4.39 Å². The molecule has 0 aromatic heterocycles. The van der Waals surface area contributed by atoms with Crippen molar-refractivity contribution in [3.8, 4) is 0 Å². The van der Waals surface area contributed by atoms with E-state index < -0.39 is 0 Å². The molecule has 0 aliphatic carbocycles. The zero-order chi connectivity index (χ0) is 14.7. The van der Waals surface area contributed by atoms with Crippen LogP contribution in [-0.4, -0.2) is 6.54 Å². The molecule has 1 unspecified atom stereocenters. The normalized spacial score (nSPS) is 12.4. The second-order valence-electron chi connectivity index (χ2n) is 5.05. The Morgan fingerprint density at radius 1 is 1.15 bits per heavy atom. The molecule has 0 amide bonds. The predicted molar refractivity (Wildman–Crippen MR) is 85.5 cm³/mol. The Hall–Kier alpha value is -1.19. The van der Waals surface area contributed by atoms with Gasteiger partial charge in [0.25, 0.3) is 0 Å². The van der Waals surface area contributed by atoms with Gasteiger partial charge in [-0.1, -0.05) is 35.0 Å². The average molecular weight is 336 g/mol. The van der Waals surface area contributed by atoms with Crippen LogP contribution in [0.3, 0.4) is 0 Å². The Morgan fingerprint density at radius 3 is 2.55 bits per heavy atom. The summed E-state index contributed by atoms with van der Waals surface area (Å²) >= 11 is 3.52. The van der Waals surface area contributed by atoms with Crippen molar-refractivity contribution in [1.29, 1.82) is 0 Å². The van der Waals surface area contributed by atoms with Gasteiger partial charge in [-0.25, -0.2) is 4.39 Å². The van der Waals surface area contributed by atoms with Crippen molar-refractivity contribution >= 4 is 15.9 Å². The first-order valence-electron chi connectivity index (χ1n) is 6.77. The second-order valence-corrected chi connectivity index (χ2v) is 5.97. The largest absolute Gasteiger partial charge is 0.307 e. The van der Waals surface area contributed by atoms with E-state index in [1.165, 1.54) is 11.1 Å². The molecule has 2 aromatic carbocycles. The maximum Gasteiger partial charge on any atom is 0.123 e. The van der Waals surface area contributed by atoms with Crippen molar-refractivity contribution < 1.29 is 4.39 Å². The van der Waals surface area contributed by atoms with Crippen molar-refractivity contribution in [1.82, 2.24) is 5.32 Å². The van der Waals surface area contributed by atoms with Gasteiger partial charge in [-0.3, -0.25) is 0 Å². The molecule has 0 heterocycles. The van der Waals surface area contributed by atoms with E-state index in [1.807, 2.05) is 19.1 Å². The number of nitrogens with one attached hydrogen (secondary N) is 1. The monoisotopic (exact) mass is 335 g/mol. The van der Waals surface area contributed by atoms with Crippen LogP contribution in [0.15, 0.2) is 40.9 Å². The maximum absolute atomic E-state index is 13.7. The highest BCUT2D eigenvalue weighted by molar-refractivity contribution is 9.10. The fraction of sp³-hybridized carbons (Fsp3) is 0.294. The molecule has 0 bridgehead atoms. The SMILES string of the molecule is CCNC(c1cc(C)cc(F)c1)c1cc(Br)ccc1C. The molecule has 0 saturated heterocycles. The first-order valence-corrected chi connectivity index (χ1v) is 7.57. The summed E-state index contributed by atoms with van der Waals surface area (Å²) < 4.78 is 14.7. The fourth-order valence-electron chi connectivity index (χ4n) is 2.47. The van der Waals surface area contributed by atoms with E-state index in [9.17, 15) is 4.39 Å². The number of hydrogen-bond donors (Lipinski definition) is 1. The molecule has 1 nitrogen and oxygen atoms in total. The summed E-state index contributed by atoms with van der Waals surface area (Å²) in [5, 5.41) is 3.45. The molecule has 2 aromatic rings. The van der Waals surface area contributed by atoms with E-state index in [4.69, 9.17) is 0 Å². The fourth-order valence-corrected chi connectivity index (χ4v) is 2.84. The second kappa shape index (κ2) is 6.51.